The molecule has 1 aliphatic carbocycles. The summed E-state index contributed by atoms with van der Waals surface area (Å²) in [7, 11) is 0. The van der Waals surface area contributed by atoms with Crippen LogP contribution in [0.25, 0.3) is 0 Å². The van der Waals surface area contributed by atoms with E-state index in [0.29, 0.717) is 23.4 Å². The van der Waals surface area contributed by atoms with Gasteiger partial charge in [-0.1, -0.05) is 18.9 Å². The van der Waals surface area contributed by atoms with Crippen LogP contribution in [-0.4, -0.2) is 18.4 Å². The lowest BCUT2D eigenvalue weighted by molar-refractivity contribution is -0.122. The van der Waals surface area contributed by atoms with E-state index in [1.165, 1.54) is 0 Å². The van der Waals surface area contributed by atoms with Gasteiger partial charge in [-0.05, 0) is 49.9 Å². The number of carbonyl (C=O) groups is 2. The Morgan fingerprint density at radius 2 is 2.00 bits per heavy atom. The molecule has 114 valence electrons. The highest BCUT2D eigenvalue weighted by Crippen LogP contribution is 2.31. The molecule has 0 bridgehead atoms. The summed E-state index contributed by atoms with van der Waals surface area (Å²) in [5, 5.41) is 2.94. The lowest BCUT2D eigenvalue weighted by atomic mass is 9.78. The molecule has 0 heterocycles. The third-order valence-electron chi connectivity index (χ3n) is 4.41. The third kappa shape index (κ3) is 3.42. The van der Waals surface area contributed by atoms with Crippen molar-refractivity contribution in [1.29, 1.82) is 0 Å². The third-order valence-corrected chi connectivity index (χ3v) is 4.41. The highest BCUT2D eigenvalue weighted by atomic mass is 16.2. The Balaban J connectivity index is 2.16. The van der Waals surface area contributed by atoms with Crippen LogP contribution in [-0.2, 0) is 4.79 Å². The van der Waals surface area contributed by atoms with Crippen LogP contribution in [0.3, 0.4) is 0 Å². The van der Waals surface area contributed by atoms with E-state index in [0.717, 1.165) is 25.7 Å². The summed E-state index contributed by atoms with van der Waals surface area (Å²) < 4.78 is 0. The standard InChI is InChI=1S/C16H23N3O2/c1-10-12(15(18)20)7-4-8-14(10)19-16(21)13-6-3-2-5-11(13)9-17/h4,7-8,11,13H,2-3,5-6,9,17H2,1H3,(H2,18,20)(H,19,21). The molecule has 1 saturated carbocycles. The molecule has 2 rings (SSSR count). The van der Waals surface area contributed by atoms with Crippen molar-refractivity contribution in [3.05, 3.63) is 29.3 Å². The molecule has 0 aliphatic heterocycles. The van der Waals surface area contributed by atoms with Gasteiger partial charge in [-0.25, -0.2) is 0 Å². The van der Waals surface area contributed by atoms with Gasteiger partial charge in [0.1, 0.15) is 0 Å². The van der Waals surface area contributed by atoms with Crippen LogP contribution in [0.1, 0.15) is 41.6 Å². The number of hydrogen-bond donors (Lipinski definition) is 3. The molecule has 0 radical (unpaired) electrons. The number of primary amides is 1. The topological polar surface area (TPSA) is 98.2 Å². The first-order valence-electron chi connectivity index (χ1n) is 7.45. The quantitative estimate of drug-likeness (QED) is 0.788. The Morgan fingerprint density at radius 1 is 1.29 bits per heavy atom. The molecular weight excluding hydrogens is 266 g/mol. The molecular formula is C16H23N3O2. The number of nitrogens with one attached hydrogen (secondary N) is 1. The molecule has 0 spiro atoms. The van der Waals surface area contributed by atoms with E-state index in [-0.39, 0.29) is 17.7 Å². The highest BCUT2D eigenvalue weighted by Gasteiger charge is 2.30. The summed E-state index contributed by atoms with van der Waals surface area (Å²) in [5.41, 5.74) is 12.9. The predicted octanol–water partition coefficient (Wildman–Crippen LogP) is 1.80. The van der Waals surface area contributed by atoms with Crippen LogP contribution in [0.4, 0.5) is 5.69 Å². The van der Waals surface area contributed by atoms with Crippen molar-refractivity contribution in [2.24, 2.45) is 23.3 Å². The molecule has 0 saturated heterocycles. The Kier molecular flexibility index (Phi) is 4.96. The van der Waals surface area contributed by atoms with Crippen molar-refractivity contribution >= 4 is 17.5 Å². The Hall–Kier alpha value is -1.88. The van der Waals surface area contributed by atoms with Gasteiger partial charge in [0.25, 0.3) is 0 Å². The van der Waals surface area contributed by atoms with Gasteiger partial charge in [0.05, 0.1) is 0 Å². The largest absolute Gasteiger partial charge is 0.366 e. The number of rotatable bonds is 4. The Morgan fingerprint density at radius 3 is 2.67 bits per heavy atom. The lowest BCUT2D eigenvalue weighted by Crippen LogP contribution is -2.35. The maximum Gasteiger partial charge on any atom is 0.249 e. The predicted molar refractivity (Wildman–Crippen MR) is 82.8 cm³/mol. The normalized spacial score (nSPS) is 21.8. The smallest absolute Gasteiger partial charge is 0.249 e. The molecule has 1 aromatic carbocycles. The van der Waals surface area contributed by atoms with Crippen molar-refractivity contribution in [2.45, 2.75) is 32.6 Å². The van der Waals surface area contributed by atoms with Gasteiger partial charge in [-0.15, -0.1) is 0 Å². The number of amides is 2. The van der Waals surface area contributed by atoms with Crippen LogP contribution in [0.5, 0.6) is 0 Å². The fourth-order valence-electron chi connectivity index (χ4n) is 3.10. The van der Waals surface area contributed by atoms with Crippen molar-refractivity contribution in [3.8, 4) is 0 Å². The number of benzene rings is 1. The number of anilines is 1. The number of nitrogens with two attached hydrogens (primary N) is 2. The average Bonchev–Trinajstić information content (AvgIpc) is 2.48. The van der Waals surface area contributed by atoms with E-state index in [1.54, 1.807) is 25.1 Å². The summed E-state index contributed by atoms with van der Waals surface area (Å²) >= 11 is 0. The van der Waals surface area contributed by atoms with E-state index in [2.05, 4.69) is 5.32 Å². The molecule has 5 heteroatoms. The minimum atomic E-state index is -0.485. The molecule has 5 nitrogen and oxygen atoms in total. The Labute approximate surface area is 125 Å². The number of carbonyl (C=O) groups excluding carboxylic acids is 2. The molecule has 5 N–H and O–H groups in total. The minimum Gasteiger partial charge on any atom is -0.366 e. The van der Waals surface area contributed by atoms with E-state index >= 15 is 0 Å². The highest BCUT2D eigenvalue weighted by molar-refractivity contribution is 5.99. The molecule has 1 aromatic rings. The van der Waals surface area contributed by atoms with Crippen LogP contribution in [0, 0.1) is 18.8 Å². The van der Waals surface area contributed by atoms with Crippen molar-refractivity contribution < 1.29 is 9.59 Å². The molecule has 2 atom stereocenters. The molecule has 2 unspecified atom stereocenters. The van der Waals surface area contributed by atoms with Gasteiger partial charge in [0.2, 0.25) is 11.8 Å². The van der Waals surface area contributed by atoms with Gasteiger partial charge in [0.15, 0.2) is 0 Å². The van der Waals surface area contributed by atoms with Gasteiger partial charge in [0, 0.05) is 17.2 Å². The first-order valence-corrected chi connectivity index (χ1v) is 7.45. The molecule has 21 heavy (non-hydrogen) atoms. The second-order valence-corrected chi connectivity index (χ2v) is 5.72. The summed E-state index contributed by atoms with van der Waals surface area (Å²) in [6, 6.07) is 5.18. The SMILES string of the molecule is Cc1c(NC(=O)C2CCCCC2CN)cccc1C(N)=O. The lowest BCUT2D eigenvalue weighted by Gasteiger charge is -2.29. The van der Waals surface area contributed by atoms with Crippen molar-refractivity contribution in [1.82, 2.24) is 0 Å². The van der Waals surface area contributed by atoms with Gasteiger partial charge in [-0.2, -0.15) is 0 Å². The summed E-state index contributed by atoms with van der Waals surface area (Å²) in [5.74, 6) is -0.283. The second kappa shape index (κ2) is 6.72. The summed E-state index contributed by atoms with van der Waals surface area (Å²) in [4.78, 5) is 23.8. The van der Waals surface area contributed by atoms with E-state index in [9.17, 15) is 9.59 Å². The maximum absolute atomic E-state index is 12.5. The van der Waals surface area contributed by atoms with E-state index < -0.39 is 5.91 Å². The molecule has 0 aromatic heterocycles. The number of hydrogen-bond acceptors (Lipinski definition) is 3. The monoisotopic (exact) mass is 289 g/mol. The van der Waals surface area contributed by atoms with Crippen molar-refractivity contribution in [3.63, 3.8) is 0 Å². The first kappa shape index (κ1) is 15.5. The van der Waals surface area contributed by atoms with Crippen LogP contribution >= 0.6 is 0 Å². The molecule has 1 fully saturated rings. The van der Waals surface area contributed by atoms with Crippen LogP contribution in [0.15, 0.2) is 18.2 Å². The zero-order valence-electron chi connectivity index (χ0n) is 12.4. The zero-order valence-corrected chi connectivity index (χ0v) is 12.4. The maximum atomic E-state index is 12.5. The summed E-state index contributed by atoms with van der Waals surface area (Å²) in [6.07, 6.45) is 4.09. The second-order valence-electron chi connectivity index (χ2n) is 5.72. The van der Waals surface area contributed by atoms with Crippen LogP contribution in [0.2, 0.25) is 0 Å². The van der Waals surface area contributed by atoms with E-state index in [1.807, 2.05) is 0 Å². The average molecular weight is 289 g/mol. The fraction of sp³-hybridized carbons (Fsp3) is 0.500. The summed E-state index contributed by atoms with van der Waals surface area (Å²) in [6.45, 7) is 2.33. The van der Waals surface area contributed by atoms with E-state index in [4.69, 9.17) is 11.5 Å². The zero-order chi connectivity index (χ0) is 15.4. The van der Waals surface area contributed by atoms with Gasteiger partial charge >= 0.3 is 0 Å². The molecule has 2 amide bonds. The first-order chi connectivity index (χ1) is 10.0. The minimum absolute atomic E-state index is 0.00475. The Bertz CT molecular complexity index is 542. The fourth-order valence-corrected chi connectivity index (χ4v) is 3.10. The molecule has 1 aliphatic rings. The van der Waals surface area contributed by atoms with Crippen molar-refractivity contribution in [2.75, 3.05) is 11.9 Å². The van der Waals surface area contributed by atoms with Gasteiger partial charge in [-0.3, -0.25) is 9.59 Å². The van der Waals surface area contributed by atoms with Gasteiger partial charge < -0.3 is 16.8 Å². The van der Waals surface area contributed by atoms with Crippen LogP contribution < -0.4 is 16.8 Å².